The number of rotatable bonds is 3. The fraction of sp³-hybridized carbons (Fsp3) is 0.462. The highest BCUT2D eigenvalue weighted by molar-refractivity contribution is 9.11. The van der Waals surface area contributed by atoms with Gasteiger partial charge in [0, 0.05) is 23.2 Å². The molecule has 0 radical (unpaired) electrons. The molecule has 1 unspecified atom stereocenters. The van der Waals surface area contributed by atoms with Crippen molar-refractivity contribution in [2.75, 3.05) is 0 Å². The number of aryl methyl sites for hydroxylation is 2. The lowest BCUT2D eigenvalue weighted by Gasteiger charge is -2.23. The first kappa shape index (κ1) is 15.2. The third-order valence-electron chi connectivity index (χ3n) is 3.80. The normalized spacial score (nSPS) is 18.7. The number of halogens is 1. The van der Waals surface area contributed by atoms with E-state index in [1.165, 1.54) is 11.3 Å². The van der Waals surface area contributed by atoms with Crippen LogP contribution in [0.5, 0.6) is 0 Å². The molecular weight excluding hydrogens is 374 g/mol. The molecule has 0 saturated carbocycles. The lowest BCUT2D eigenvalue weighted by molar-refractivity contribution is 0.498. The van der Waals surface area contributed by atoms with E-state index in [1.807, 2.05) is 18.7 Å². The van der Waals surface area contributed by atoms with Crippen LogP contribution in [0, 0.1) is 6.92 Å². The van der Waals surface area contributed by atoms with E-state index < -0.39 is 10.0 Å². The topological polar surface area (TPSA) is 64.0 Å². The van der Waals surface area contributed by atoms with Crippen LogP contribution in [0.15, 0.2) is 20.9 Å². The first-order valence-corrected chi connectivity index (χ1v) is 9.77. The molecule has 0 saturated heterocycles. The van der Waals surface area contributed by atoms with Gasteiger partial charge in [0.2, 0.25) is 10.0 Å². The van der Waals surface area contributed by atoms with Crippen molar-refractivity contribution in [3.05, 3.63) is 32.2 Å². The Morgan fingerprint density at radius 3 is 2.95 bits per heavy atom. The molecule has 2 aromatic rings. The minimum Gasteiger partial charge on any atom is -0.272 e. The second-order valence-corrected chi connectivity index (χ2v) is 9.53. The van der Waals surface area contributed by atoms with Gasteiger partial charge >= 0.3 is 0 Å². The second-order valence-electron chi connectivity index (χ2n) is 5.21. The Morgan fingerprint density at radius 1 is 1.52 bits per heavy atom. The maximum Gasteiger partial charge on any atom is 0.242 e. The summed E-state index contributed by atoms with van der Waals surface area (Å²) in [6.07, 6.45) is 4.50. The van der Waals surface area contributed by atoms with Gasteiger partial charge < -0.3 is 0 Å². The average molecular weight is 390 g/mol. The van der Waals surface area contributed by atoms with Crippen molar-refractivity contribution in [1.29, 1.82) is 0 Å². The number of hydrogen-bond acceptors (Lipinski definition) is 4. The molecule has 2 aromatic heterocycles. The van der Waals surface area contributed by atoms with Gasteiger partial charge in [-0.05, 0) is 48.2 Å². The van der Waals surface area contributed by atoms with Gasteiger partial charge in [-0.2, -0.15) is 5.10 Å². The maximum atomic E-state index is 12.6. The molecule has 0 fully saturated rings. The molecule has 1 atom stereocenters. The van der Waals surface area contributed by atoms with Crippen LogP contribution in [-0.4, -0.2) is 18.2 Å². The first-order valence-electron chi connectivity index (χ1n) is 6.67. The zero-order valence-electron chi connectivity index (χ0n) is 11.8. The smallest absolute Gasteiger partial charge is 0.242 e. The Labute approximate surface area is 136 Å². The number of sulfonamides is 1. The molecule has 114 valence electrons. The van der Waals surface area contributed by atoms with Crippen LogP contribution >= 0.6 is 27.3 Å². The van der Waals surface area contributed by atoms with Crippen molar-refractivity contribution in [1.82, 2.24) is 14.5 Å². The summed E-state index contributed by atoms with van der Waals surface area (Å²) < 4.78 is 30.7. The van der Waals surface area contributed by atoms with Gasteiger partial charge in [-0.3, -0.25) is 4.68 Å². The van der Waals surface area contributed by atoms with E-state index in [9.17, 15) is 8.42 Å². The van der Waals surface area contributed by atoms with Gasteiger partial charge in [0.15, 0.2) is 0 Å². The predicted molar refractivity (Wildman–Crippen MR) is 86.0 cm³/mol. The molecule has 3 rings (SSSR count). The molecule has 0 spiro atoms. The van der Waals surface area contributed by atoms with Gasteiger partial charge in [-0.15, -0.1) is 11.3 Å². The quantitative estimate of drug-likeness (QED) is 0.877. The number of aromatic nitrogens is 2. The van der Waals surface area contributed by atoms with Crippen molar-refractivity contribution < 1.29 is 8.42 Å². The Balaban J connectivity index is 1.92. The molecule has 1 aliphatic carbocycles. The highest BCUT2D eigenvalue weighted by Crippen LogP contribution is 2.33. The van der Waals surface area contributed by atoms with Gasteiger partial charge in [0.25, 0.3) is 0 Å². The predicted octanol–water partition coefficient (Wildman–Crippen LogP) is 2.91. The average Bonchev–Trinajstić information content (AvgIpc) is 2.94. The highest BCUT2D eigenvalue weighted by Gasteiger charge is 2.29. The molecule has 0 amide bonds. The van der Waals surface area contributed by atoms with Crippen molar-refractivity contribution in [2.45, 2.75) is 37.1 Å². The number of hydrogen-bond donors (Lipinski definition) is 1. The van der Waals surface area contributed by atoms with Crippen molar-refractivity contribution >= 4 is 37.3 Å². The second kappa shape index (κ2) is 5.49. The Bertz CT molecular complexity index is 779. The molecule has 8 heteroatoms. The minimum atomic E-state index is -3.51. The van der Waals surface area contributed by atoms with Crippen LogP contribution in [0.2, 0.25) is 0 Å². The molecular formula is C13H16BrN3O2S2. The van der Waals surface area contributed by atoms with Crippen molar-refractivity contribution in [2.24, 2.45) is 7.05 Å². The van der Waals surface area contributed by atoms with Crippen LogP contribution in [0.3, 0.4) is 0 Å². The fourth-order valence-electron chi connectivity index (χ4n) is 2.78. The number of thiophene rings is 1. The summed E-state index contributed by atoms with van der Waals surface area (Å²) in [6.45, 7) is 1.82. The third-order valence-corrected chi connectivity index (χ3v) is 7.09. The lowest BCUT2D eigenvalue weighted by atomic mass is 9.94. The summed E-state index contributed by atoms with van der Waals surface area (Å²) in [5.41, 5.74) is 2.12. The number of nitrogens with one attached hydrogen (secondary N) is 1. The van der Waals surface area contributed by atoms with E-state index in [0.717, 1.165) is 39.2 Å². The molecule has 0 bridgehead atoms. The Kier molecular flexibility index (Phi) is 3.98. The minimum absolute atomic E-state index is 0.189. The Morgan fingerprint density at radius 2 is 2.29 bits per heavy atom. The summed E-state index contributed by atoms with van der Waals surface area (Å²) in [7, 11) is -1.61. The largest absolute Gasteiger partial charge is 0.272 e. The summed E-state index contributed by atoms with van der Waals surface area (Å²) in [6, 6.07) is 1.47. The summed E-state index contributed by atoms with van der Waals surface area (Å²) in [5.74, 6) is 0. The summed E-state index contributed by atoms with van der Waals surface area (Å²) in [4.78, 5) is 1.15. The van der Waals surface area contributed by atoms with Crippen LogP contribution in [0.1, 0.15) is 35.0 Å². The van der Waals surface area contributed by atoms with Gasteiger partial charge in [-0.1, -0.05) is 0 Å². The molecule has 2 heterocycles. The van der Waals surface area contributed by atoms with E-state index in [1.54, 1.807) is 12.3 Å². The van der Waals surface area contributed by atoms with E-state index in [-0.39, 0.29) is 6.04 Å². The standard InChI is InChI=1S/C13H16BrN3O2S2/c1-8-12(6-13(14)20-8)21(18,19)16-10-4-3-5-11-9(10)7-15-17(11)2/h6-7,10,16H,3-5H2,1-2H3. The monoisotopic (exact) mass is 389 g/mol. The Hall–Kier alpha value is -0.700. The fourth-order valence-corrected chi connectivity index (χ4v) is 6.44. The van der Waals surface area contributed by atoms with Crippen LogP contribution < -0.4 is 4.72 Å². The number of fused-ring (bicyclic) bond motifs is 1. The molecule has 5 nitrogen and oxygen atoms in total. The van der Waals surface area contributed by atoms with E-state index in [4.69, 9.17) is 0 Å². The first-order chi connectivity index (χ1) is 9.88. The molecule has 21 heavy (non-hydrogen) atoms. The molecule has 1 N–H and O–H groups in total. The zero-order valence-corrected chi connectivity index (χ0v) is 15.0. The van der Waals surface area contributed by atoms with Crippen molar-refractivity contribution in [3.8, 4) is 0 Å². The molecule has 0 aliphatic heterocycles. The SMILES string of the molecule is Cc1sc(Br)cc1S(=O)(=O)NC1CCCc2c1cnn2C. The van der Waals surface area contributed by atoms with Crippen LogP contribution in [0.4, 0.5) is 0 Å². The maximum absolute atomic E-state index is 12.6. The van der Waals surface area contributed by atoms with Crippen LogP contribution in [0.25, 0.3) is 0 Å². The lowest BCUT2D eigenvalue weighted by Crippen LogP contribution is -2.31. The van der Waals surface area contributed by atoms with Gasteiger partial charge in [0.1, 0.15) is 0 Å². The van der Waals surface area contributed by atoms with E-state index in [2.05, 4.69) is 25.8 Å². The highest BCUT2D eigenvalue weighted by atomic mass is 79.9. The van der Waals surface area contributed by atoms with Gasteiger partial charge in [-0.25, -0.2) is 13.1 Å². The third kappa shape index (κ3) is 2.81. The van der Waals surface area contributed by atoms with E-state index >= 15 is 0 Å². The van der Waals surface area contributed by atoms with E-state index in [0.29, 0.717) is 4.90 Å². The van der Waals surface area contributed by atoms with Gasteiger partial charge in [0.05, 0.1) is 20.9 Å². The zero-order chi connectivity index (χ0) is 15.2. The molecule has 0 aromatic carbocycles. The van der Waals surface area contributed by atoms with Crippen molar-refractivity contribution in [3.63, 3.8) is 0 Å². The molecule has 1 aliphatic rings. The summed E-state index contributed by atoms with van der Waals surface area (Å²) in [5, 5.41) is 4.25. The van der Waals surface area contributed by atoms with Crippen LogP contribution in [-0.2, 0) is 23.5 Å². The number of nitrogens with zero attached hydrogens (tertiary/aromatic N) is 2. The summed E-state index contributed by atoms with van der Waals surface area (Å²) >= 11 is 4.77.